The number of carbonyl (C=O) groups excluding carboxylic acids is 1. The van der Waals surface area contributed by atoms with Gasteiger partial charge in [0.05, 0.1) is 21.4 Å². The number of aryl methyl sites for hydroxylation is 2. The standard InChI is InChI=1S/C23H20ClN5O3S2/c1-13-4-6-15(7-5-13)21-14(2)33-11-17(21)22-26-27-23(28(22)3)34-12-20(30)25-19-10-16(29(31)32)8-9-18(19)24/h4-11H,12H2,1-3H3,(H,25,30). The van der Waals surface area contributed by atoms with Gasteiger partial charge in [-0.05, 0) is 25.5 Å². The van der Waals surface area contributed by atoms with E-state index in [0.29, 0.717) is 11.0 Å². The van der Waals surface area contributed by atoms with Crippen molar-refractivity contribution in [3.63, 3.8) is 0 Å². The Morgan fingerprint density at radius 1 is 1.21 bits per heavy atom. The normalized spacial score (nSPS) is 10.9. The summed E-state index contributed by atoms with van der Waals surface area (Å²) in [7, 11) is 1.86. The number of thioether (sulfide) groups is 1. The Morgan fingerprint density at radius 2 is 1.94 bits per heavy atom. The number of halogens is 1. The lowest BCUT2D eigenvalue weighted by Crippen LogP contribution is -2.15. The van der Waals surface area contributed by atoms with Gasteiger partial charge in [0.1, 0.15) is 0 Å². The lowest BCUT2D eigenvalue weighted by molar-refractivity contribution is -0.384. The van der Waals surface area contributed by atoms with Gasteiger partial charge in [0.25, 0.3) is 5.69 Å². The van der Waals surface area contributed by atoms with Crippen molar-refractivity contribution in [1.29, 1.82) is 0 Å². The number of aromatic nitrogens is 3. The SMILES string of the molecule is Cc1ccc(-c2c(-c3nnc(SCC(=O)Nc4cc([N+](=O)[O-])ccc4Cl)n3C)csc2C)cc1. The highest BCUT2D eigenvalue weighted by atomic mass is 35.5. The van der Waals surface area contributed by atoms with Crippen LogP contribution in [0.2, 0.25) is 5.02 Å². The van der Waals surface area contributed by atoms with Gasteiger partial charge in [-0.3, -0.25) is 14.9 Å². The van der Waals surface area contributed by atoms with Crippen LogP contribution in [0.1, 0.15) is 10.4 Å². The first-order valence-electron chi connectivity index (χ1n) is 10.2. The first-order valence-corrected chi connectivity index (χ1v) is 12.4. The van der Waals surface area contributed by atoms with E-state index < -0.39 is 4.92 Å². The molecule has 0 aliphatic heterocycles. The van der Waals surface area contributed by atoms with Gasteiger partial charge in [-0.15, -0.1) is 21.5 Å². The van der Waals surface area contributed by atoms with Crippen molar-refractivity contribution in [2.75, 3.05) is 11.1 Å². The smallest absolute Gasteiger partial charge is 0.271 e. The lowest BCUT2D eigenvalue weighted by Gasteiger charge is -2.08. The fraction of sp³-hybridized carbons (Fsp3) is 0.174. The molecule has 2 heterocycles. The third kappa shape index (κ3) is 4.98. The molecule has 0 aliphatic carbocycles. The summed E-state index contributed by atoms with van der Waals surface area (Å²) < 4.78 is 1.86. The zero-order valence-electron chi connectivity index (χ0n) is 18.5. The number of anilines is 1. The fourth-order valence-corrected chi connectivity index (χ4v) is 5.15. The molecule has 4 rings (SSSR count). The van der Waals surface area contributed by atoms with E-state index in [1.807, 2.05) is 11.6 Å². The van der Waals surface area contributed by atoms with Gasteiger partial charge < -0.3 is 9.88 Å². The minimum absolute atomic E-state index is 0.0402. The number of hydrogen-bond acceptors (Lipinski definition) is 7. The molecule has 0 aliphatic rings. The summed E-state index contributed by atoms with van der Waals surface area (Å²) in [6.45, 7) is 4.14. The molecule has 0 fully saturated rings. The molecule has 8 nitrogen and oxygen atoms in total. The van der Waals surface area contributed by atoms with Crippen molar-refractivity contribution in [3.05, 3.63) is 73.4 Å². The van der Waals surface area contributed by atoms with E-state index in [4.69, 9.17) is 11.6 Å². The van der Waals surface area contributed by atoms with Gasteiger partial charge in [-0.25, -0.2) is 0 Å². The Labute approximate surface area is 209 Å². The second kappa shape index (κ2) is 9.96. The third-order valence-corrected chi connectivity index (χ3v) is 7.42. The van der Waals surface area contributed by atoms with Gasteiger partial charge in [0, 0.05) is 40.6 Å². The quantitative estimate of drug-likeness (QED) is 0.181. The van der Waals surface area contributed by atoms with Crippen LogP contribution < -0.4 is 5.32 Å². The molecular weight excluding hydrogens is 494 g/mol. The fourth-order valence-electron chi connectivity index (χ4n) is 3.41. The summed E-state index contributed by atoms with van der Waals surface area (Å²) in [4.78, 5) is 24.1. The topological polar surface area (TPSA) is 103 Å². The summed E-state index contributed by atoms with van der Waals surface area (Å²) in [5.74, 6) is 0.395. The summed E-state index contributed by atoms with van der Waals surface area (Å²) >= 11 is 8.94. The summed E-state index contributed by atoms with van der Waals surface area (Å²) in [5, 5.41) is 25.1. The number of benzene rings is 2. The van der Waals surface area contributed by atoms with Crippen molar-refractivity contribution >= 4 is 52.0 Å². The predicted molar refractivity (Wildman–Crippen MR) is 137 cm³/mol. The maximum Gasteiger partial charge on any atom is 0.271 e. The molecule has 0 bridgehead atoms. The highest BCUT2D eigenvalue weighted by Crippen LogP contribution is 2.39. The maximum absolute atomic E-state index is 12.5. The number of amides is 1. The molecule has 1 amide bonds. The Kier molecular flexibility index (Phi) is 7.01. The Bertz CT molecular complexity index is 1380. The van der Waals surface area contributed by atoms with E-state index in [1.54, 1.807) is 11.3 Å². The minimum atomic E-state index is -0.543. The van der Waals surface area contributed by atoms with E-state index in [-0.39, 0.29) is 28.1 Å². The molecular formula is C23H20ClN5O3S2. The Balaban J connectivity index is 1.50. The van der Waals surface area contributed by atoms with Crippen molar-refractivity contribution in [3.8, 4) is 22.5 Å². The zero-order valence-corrected chi connectivity index (χ0v) is 20.9. The van der Waals surface area contributed by atoms with Crippen LogP contribution in [-0.2, 0) is 11.8 Å². The second-order valence-electron chi connectivity index (χ2n) is 7.57. The summed E-state index contributed by atoms with van der Waals surface area (Å²) in [6, 6.07) is 12.3. The first-order chi connectivity index (χ1) is 16.2. The van der Waals surface area contributed by atoms with Crippen LogP contribution in [0.4, 0.5) is 11.4 Å². The van der Waals surface area contributed by atoms with Gasteiger partial charge in [0.2, 0.25) is 5.91 Å². The first kappa shape index (κ1) is 23.9. The van der Waals surface area contributed by atoms with Gasteiger partial charge in [-0.2, -0.15) is 0 Å². The molecule has 174 valence electrons. The average molecular weight is 514 g/mol. The number of nitrogens with zero attached hydrogens (tertiary/aromatic N) is 4. The van der Waals surface area contributed by atoms with E-state index in [0.717, 1.165) is 16.7 Å². The monoisotopic (exact) mass is 513 g/mol. The molecule has 0 saturated heterocycles. The molecule has 34 heavy (non-hydrogen) atoms. The number of thiophene rings is 1. The largest absolute Gasteiger partial charge is 0.324 e. The van der Waals surface area contributed by atoms with Crippen LogP contribution in [-0.4, -0.2) is 31.3 Å². The van der Waals surface area contributed by atoms with Crippen LogP contribution in [0.3, 0.4) is 0 Å². The Hall–Kier alpha value is -3.21. The van der Waals surface area contributed by atoms with Crippen molar-refractivity contribution in [2.45, 2.75) is 19.0 Å². The Morgan fingerprint density at radius 3 is 2.65 bits per heavy atom. The van der Waals surface area contributed by atoms with E-state index in [2.05, 4.69) is 59.0 Å². The highest BCUT2D eigenvalue weighted by molar-refractivity contribution is 7.99. The number of rotatable bonds is 7. The van der Waals surface area contributed by atoms with Crippen LogP contribution in [0.25, 0.3) is 22.5 Å². The number of hydrogen-bond donors (Lipinski definition) is 1. The van der Waals surface area contributed by atoms with Gasteiger partial charge in [0.15, 0.2) is 11.0 Å². The van der Waals surface area contributed by atoms with E-state index in [9.17, 15) is 14.9 Å². The molecule has 0 radical (unpaired) electrons. The lowest BCUT2D eigenvalue weighted by atomic mass is 10.0. The highest BCUT2D eigenvalue weighted by Gasteiger charge is 2.20. The molecule has 1 N–H and O–H groups in total. The van der Waals surface area contributed by atoms with Crippen molar-refractivity contribution in [1.82, 2.24) is 14.8 Å². The molecule has 2 aromatic carbocycles. The number of nitrogens with one attached hydrogen (secondary N) is 1. The molecule has 0 saturated carbocycles. The van der Waals surface area contributed by atoms with Crippen molar-refractivity contribution in [2.24, 2.45) is 7.05 Å². The molecule has 4 aromatic rings. The van der Waals surface area contributed by atoms with Crippen LogP contribution in [0.15, 0.2) is 53.0 Å². The zero-order chi connectivity index (χ0) is 24.4. The molecule has 11 heteroatoms. The maximum atomic E-state index is 12.5. The van der Waals surface area contributed by atoms with Crippen LogP contribution >= 0.6 is 34.7 Å². The number of nitro benzene ring substituents is 1. The summed E-state index contributed by atoms with van der Waals surface area (Å²) in [5.41, 5.74) is 4.46. The minimum Gasteiger partial charge on any atom is -0.324 e. The van der Waals surface area contributed by atoms with Crippen LogP contribution in [0.5, 0.6) is 0 Å². The van der Waals surface area contributed by atoms with Gasteiger partial charge >= 0.3 is 0 Å². The summed E-state index contributed by atoms with van der Waals surface area (Å²) in [6.07, 6.45) is 0. The number of non-ortho nitro benzene ring substituents is 1. The van der Waals surface area contributed by atoms with Crippen LogP contribution in [0, 0.1) is 24.0 Å². The molecule has 2 aromatic heterocycles. The predicted octanol–water partition coefficient (Wildman–Crippen LogP) is 6.12. The van der Waals surface area contributed by atoms with E-state index >= 15 is 0 Å². The number of carbonyl (C=O) groups is 1. The molecule has 0 atom stereocenters. The third-order valence-electron chi connectivity index (χ3n) is 5.16. The number of nitro groups is 1. The van der Waals surface area contributed by atoms with Crippen molar-refractivity contribution < 1.29 is 9.72 Å². The average Bonchev–Trinajstić information content (AvgIpc) is 3.36. The molecule has 0 unspecified atom stereocenters. The molecule has 0 spiro atoms. The second-order valence-corrected chi connectivity index (χ2v) is 10.0. The van der Waals surface area contributed by atoms with E-state index in [1.165, 1.54) is 40.4 Å². The van der Waals surface area contributed by atoms with Gasteiger partial charge in [-0.1, -0.05) is 53.2 Å².